The highest BCUT2D eigenvalue weighted by atomic mass is 32.2. The molecule has 0 amide bonds. The minimum atomic E-state index is -0.998. The first-order chi connectivity index (χ1) is 10.1. The maximum atomic E-state index is 11.8. The average molecular weight is 320 g/mol. The summed E-state index contributed by atoms with van der Waals surface area (Å²) in [6.07, 6.45) is 1.44. The van der Waals surface area contributed by atoms with Gasteiger partial charge in [-0.15, -0.1) is 11.8 Å². The highest BCUT2D eigenvalue weighted by Gasteiger charge is 2.08. The van der Waals surface area contributed by atoms with Crippen molar-refractivity contribution in [1.29, 1.82) is 0 Å². The predicted octanol–water partition coefficient (Wildman–Crippen LogP) is 1.54. The molecular formula is C12H8N4O3S2. The number of hydrogen-bond donors (Lipinski definition) is 1. The first-order valence-electron chi connectivity index (χ1n) is 5.78. The standard InChI is InChI=1S/C12H8N4O3S2/c17-10-4-8(15-12-16(10)14-6-21-12)5-20-9-3-7(11(18)19)1-2-13-9/h1-4,6H,5H2,(H,18,19). The van der Waals surface area contributed by atoms with Crippen LogP contribution in [0.1, 0.15) is 16.1 Å². The summed E-state index contributed by atoms with van der Waals surface area (Å²) in [7, 11) is 0. The van der Waals surface area contributed by atoms with E-state index < -0.39 is 5.97 Å². The second-order valence-corrected chi connectivity index (χ2v) is 5.80. The van der Waals surface area contributed by atoms with Crippen molar-refractivity contribution in [2.45, 2.75) is 10.8 Å². The second kappa shape index (κ2) is 5.62. The van der Waals surface area contributed by atoms with E-state index in [1.54, 1.807) is 5.51 Å². The van der Waals surface area contributed by atoms with Gasteiger partial charge in [-0.25, -0.2) is 14.8 Å². The van der Waals surface area contributed by atoms with Gasteiger partial charge in [0, 0.05) is 18.0 Å². The van der Waals surface area contributed by atoms with Crippen molar-refractivity contribution in [3.8, 4) is 0 Å². The Balaban J connectivity index is 1.81. The maximum absolute atomic E-state index is 11.8. The number of fused-ring (bicyclic) bond motifs is 1. The summed E-state index contributed by atoms with van der Waals surface area (Å²) in [4.78, 5) is 31.6. The van der Waals surface area contributed by atoms with E-state index in [4.69, 9.17) is 5.11 Å². The van der Waals surface area contributed by atoms with Gasteiger partial charge in [-0.3, -0.25) is 4.79 Å². The predicted molar refractivity (Wildman–Crippen MR) is 77.9 cm³/mol. The second-order valence-electron chi connectivity index (χ2n) is 4.00. The van der Waals surface area contributed by atoms with Crippen LogP contribution in [0, 0.1) is 0 Å². The molecule has 0 bridgehead atoms. The van der Waals surface area contributed by atoms with Crippen LogP contribution >= 0.6 is 23.1 Å². The van der Waals surface area contributed by atoms with Crippen molar-refractivity contribution in [2.24, 2.45) is 0 Å². The van der Waals surface area contributed by atoms with Crippen molar-refractivity contribution in [1.82, 2.24) is 19.6 Å². The molecule has 0 atom stereocenters. The molecule has 0 saturated carbocycles. The van der Waals surface area contributed by atoms with Crippen LogP contribution in [0.25, 0.3) is 4.96 Å². The Morgan fingerprint density at radius 3 is 3.10 bits per heavy atom. The largest absolute Gasteiger partial charge is 0.478 e. The van der Waals surface area contributed by atoms with Crippen molar-refractivity contribution < 1.29 is 9.90 Å². The van der Waals surface area contributed by atoms with Gasteiger partial charge in [0.05, 0.1) is 16.3 Å². The van der Waals surface area contributed by atoms with Gasteiger partial charge in [0.2, 0.25) is 4.96 Å². The van der Waals surface area contributed by atoms with Crippen LogP contribution in [0.4, 0.5) is 0 Å². The number of aromatic carboxylic acids is 1. The van der Waals surface area contributed by atoms with Gasteiger partial charge in [-0.05, 0) is 12.1 Å². The summed E-state index contributed by atoms with van der Waals surface area (Å²) in [5.74, 6) is -0.568. The Kier molecular flexibility index (Phi) is 3.67. The number of nitrogens with zero attached hydrogens (tertiary/aromatic N) is 4. The molecule has 0 aliphatic heterocycles. The highest BCUT2D eigenvalue weighted by Crippen LogP contribution is 2.20. The van der Waals surface area contributed by atoms with Gasteiger partial charge in [-0.2, -0.15) is 9.61 Å². The highest BCUT2D eigenvalue weighted by molar-refractivity contribution is 7.98. The summed E-state index contributed by atoms with van der Waals surface area (Å²) < 4.78 is 1.24. The Labute approximate surface area is 126 Å². The van der Waals surface area contributed by atoms with E-state index in [2.05, 4.69) is 15.1 Å². The lowest BCUT2D eigenvalue weighted by Gasteiger charge is -2.02. The van der Waals surface area contributed by atoms with Crippen LogP contribution in [0.15, 0.2) is 39.7 Å². The van der Waals surface area contributed by atoms with Gasteiger partial charge in [0.25, 0.3) is 5.56 Å². The average Bonchev–Trinajstić information content (AvgIpc) is 2.94. The van der Waals surface area contributed by atoms with E-state index in [-0.39, 0.29) is 11.1 Å². The first kappa shape index (κ1) is 13.7. The van der Waals surface area contributed by atoms with Gasteiger partial charge in [0.1, 0.15) is 5.51 Å². The molecule has 0 aromatic carbocycles. The number of carbonyl (C=O) groups is 1. The van der Waals surface area contributed by atoms with Crippen LogP contribution in [0.5, 0.6) is 0 Å². The third kappa shape index (κ3) is 2.93. The quantitative estimate of drug-likeness (QED) is 0.728. The van der Waals surface area contributed by atoms with Gasteiger partial charge in [-0.1, -0.05) is 11.3 Å². The van der Waals surface area contributed by atoms with E-state index in [1.165, 1.54) is 52.0 Å². The fourth-order valence-electron chi connectivity index (χ4n) is 1.64. The van der Waals surface area contributed by atoms with Crippen molar-refractivity contribution in [3.05, 3.63) is 51.5 Å². The van der Waals surface area contributed by atoms with Crippen molar-refractivity contribution in [3.63, 3.8) is 0 Å². The topological polar surface area (TPSA) is 97.4 Å². The lowest BCUT2D eigenvalue weighted by atomic mass is 10.3. The van der Waals surface area contributed by atoms with E-state index in [0.29, 0.717) is 21.4 Å². The first-order valence-corrected chi connectivity index (χ1v) is 7.64. The normalized spacial score (nSPS) is 10.9. The Hall–Kier alpha value is -2.26. The third-order valence-corrected chi connectivity index (χ3v) is 4.22. The van der Waals surface area contributed by atoms with Gasteiger partial charge >= 0.3 is 5.97 Å². The molecule has 0 aliphatic rings. The number of thioether (sulfide) groups is 1. The summed E-state index contributed by atoms with van der Waals surface area (Å²) in [5, 5.41) is 13.4. The van der Waals surface area contributed by atoms with Crippen molar-refractivity contribution >= 4 is 34.0 Å². The number of carboxylic acids is 1. The molecule has 0 radical (unpaired) electrons. The van der Waals surface area contributed by atoms with E-state index in [1.807, 2.05) is 0 Å². The Morgan fingerprint density at radius 1 is 1.43 bits per heavy atom. The molecular weight excluding hydrogens is 312 g/mol. The number of pyridine rings is 1. The van der Waals surface area contributed by atoms with Crippen molar-refractivity contribution in [2.75, 3.05) is 0 Å². The van der Waals surface area contributed by atoms with Crippen LogP contribution in [-0.4, -0.2) is 30.7 Å². The minimum Gasteiger partial charge on any atom is -0.478 e. The Morgan fingerprint density at radius 2 is 2.29 bits per heavy atom. The molecule has 7 nitrogen and oxygen atoms in total. The SMILES string of the molecule is O=C(O)c1ccnc(SCc2cc(=O)n3ncsc3n2)c1. The molecule has 0 saturated heterocycles. The zero-order chi connectivity index (χ0) is 14.8. The van der Waals surface area contributed by atoms with Crippen LogP contribution in [0.3, 0.4) is 0 Å². The summed E-state index contributed by atoms with van der Waals surface area (Å²) in [5.41, 5.74) is 2.11. The molecule has 3 heterocycles. The molecule has 3 aromatic heterocycles. The van der Waals surface area contributed by atoms with Crippen LogP contribution < -0.4 is 5.56 Å². The van der Waals surface area contributed by atoms with Gasteiger partial charge < -0.3 is 5.11 Å². The number of carboxylic acid groups (broad SMARTS) is 1. The number of rotatable bonds is 4. The smallest absolute Gasteiger partial charge is 0.335 e. The minimum absolute atomic E-state index is 0.179. The zero-order valence-electron chi connectivity index (χ0n) is 10.5. The number of aromatic nitrogens is 4. The molecule has 0 fully saturated rings. The third-order valence-electron chi connectivity index (χ3n) is 2.59. The molecule has 0 aliphatic carbocycles. The summed E-state index contributed by atoms with van der Waals surface area (Å²) in [6, 6.07) is 4.34. The molecule has 3 aromatic rings. The molecule has 0 unspecified atom stereocenters. The van der Waals surface area contributed by atoms with Crippen LogP contribution in [-0.2, 0) is 5.75 Å². The Bertz CT molecular complexity index is 874. The van der Waals surface area contributed by atoms with E-state index in [0.717, 1.165) is 0 Å². The molecule has 21 heavy (non-hydrogen) atoms. The summed E-state index contributed by atoms with van der Waals surface area (Å²) >= 11 is 2.61. The molecule has 0 spiro atoms. The van der Waals surface area contributed by atoms with E-state index in [9.17, 15) is 9.59 Å². The fourth-order valence-corrected chi connectivity index (χ4v) is 3.08. The maximum Gasteiger partial charge on any atom is 0.335 e. The number of hydrogen-bond acceptors (Lipinski definition) is 7. The molecule has 3 rings (SSSR count). The molecule has 106 valence electrons. The van der Waals surface area contributed by atoms with E-state index >= 15 is 0 Å². The molecule has 1 N–H and O–H groups in total. The monoisotopic (exact) mass is 320 g/mol. The zero-order valence-corrected chi connectivity index (χ0v) is 12.1. The van der Waals surface area contributed by atoms with Gasteiger partial charge in [0.15, 0.2) is 0 Å². The fraction of sp³-hybridized carbons (Fsp3) is 0.0833. The molecule has 9 heteroatoms. The summed E-state index contributed by atoms with van der Waals surface area (Å²) in [6.45, 7) is 0. The lowest BCUT2D eigenvalue weighted by Crippen LogP contribution is -2.14. The van der Waals surface area contributed by atoms with Crippen LogP contribution in [0.2, 0.25) is 0 Å². The lowest BCUT2D eigenvalue weighted by molar-refractivity contribution is 0.0696.